The first kappa shape index (κ1) is 12.7. The van der Waals surface area contributed by atoms with E-state index in [9.17, 15) is 4.79 Å². The molecule has 0 rings (SSSR count). The van der Waals surface area contributed by atoms with Crippen molar-refractivity contribution in [2.24, 2.45) is 0 Å². The Morgan fingerprint density at radius 1 is 1.44 bits per heavy atom. The molecule has 5 heteroatoms. The van der Waals surface area contributed by atoms with Crippen molar-refractivity contribution in [3.63, 3.8) is 0 Å². The molecule has 0 bridgehead atoms. The molecule has 0 aromatic carbocycles. The van der Waals surface area contributed by atoms with Crippen molar-refractivity contribution in [3.8, 4) is 0 Å². The number of carboxylic acids is 1. The molecule has 0 aromatic rings. The summed E-state index contributed by atoms with van der Waals surface area (Å²) in [5.41, 5.74) is 0. The molecule has 0 radical (unpaired) electrons. The van der Waals surface area contributed by atoms with E-state index in [-0.39, 0.29) is 51.4 Å². The Hall–Kier alpha value is 1.03. The number of hydrogen-bond donors (Lipinski definition) is 1. The van der Waals surface area contributed by atoms with Gasteiger partial charge in [-0.25, -0.2) is 4.79 Å². The van der Waals surface area contributed by atoms with Crippen molar-refractivity contribution >= 4 is 57.4 Å². The number of methoxy groups -OCH3 is 2. The Morgan fingerprint density at radius 3 is 1.78 bits per heavy atom. The maximum atomic E-state index is 9.91. The Labute approximate surface area is 95.9 Å². The Balaban J connectivity index is 0. The zero-order chi connectivity index (χ0) is 6.57. The molecule has 0 fully saturated rings. The van der Waals surface area contributed by atoms with Gasteiger partial charge in [0.25, 0.3) is 6.29 Å². The summed E-state index contributed by atoms with van der Waals surface area (Å²) in [6.45, 7) is 0. The van der Waals surface area contributed by atoms with Gasteiger partial charge in [0.05, 0.1) is 0 Å². The Bertz CT molecular complexity index is 80.6. The van der Waals surface area contributed by atoms with E-state index in [2.05, 4.69) is 9.47 Å². The van der Waals surface area contributed by atoms with Gasteiger partial charge in [0, 0.05) is 14.2 Å². The average molecular weight is 160 g/mol. The molecule has 0 aromatic heterocycles. The fourth-order valence-electron chi connectivity index (χ4n) is 0.298. The fraction of sp³-hybridized carbons (Fsp3) is 0.750. The van der Waals surface area contributed by atoms with Gasteiger partial charge < -0.3 is 14.6 Å². The van der Waals surface area contributed by atoms with Gasteiger partial charge in [-0.05, 0) is 0 Å². The predicted molar refractivity (Wildman–Crippen MR) is 32.6 cm³/mol. The minimum atomic E-state index is -1.13. The number of aliphatic carboxylic acids is 1. The van der Waals surface area contributed by atoms with Gasteiger partial charge in [-0.3, -0.25) is 0 Å². The second-order valence-electron chi connectivity index (χ2n) is 1.14. The molecule has 4 nitrogen and oxygen atoms in total. The van der Waals surface area contributed by atoms with E-state index in [0.717, 1.165) is 0 Å². The fourth-order valence-corrected chi connectivity index (χ4v) is 0.298. The minimum absolute atomic E-state index is 0. The molecule has 1 N–H and O–H groups in total. The molecule has 0 heterocycles. The summed E-state index contributed by atoms with van der Waals surface area (Å²) in [6, 6.07) is 0. The van der Waals surface area contributed by atoms with Crippen molar-refractivity contribution < 1.29 is 19.4 Å². The van der Waals surface area contributed by atoms with Gasteiger partial charge in [0.2, 0.25) is 0 Å². The molecule has 0 saturated carbocycles. The molecule has 9 heavy (non-hydrogen) atoms. The number of carboxylic acid groups (broad SMARTS) is 1. The summed E-state index contributed by atoms with van der Waals surface area (Å²) < 4.78 is 8.68. The van der Waals surface area contributed by atoms with E-state index in [0.29, 0.717) is 0 Å². The van der Waals surface area contributed by atoms with Gasteiger partial charge in [-0.1, -0.05) is 0 Å². The van der Waals surface area contributed by atoms with Crippen LogP contribution in [0.4, 0.5) is 0 Å². The molecule has 0 amide bonds. The molecular formula is C4H9KO4. The van der Waals surface area contributed by atoms with Crippen LogP contribution in [0.2, 0.25) is 0 Å². The molecule has 50 valence electrons. The first-order chi connectivity index (χ1) is 3.72. The first-order valence-electron chi connectivity index (χ1n) is 2.00. The van der Waals surface area contributed by atoms with Crippen LogP contribution < -0.4 is 0 Å². The van der Waals surface area contributed by atoms with Crippen LogP contribution in [-0.2, 0) is 14.3 Å². The quantitative estimate of drug-likeness (QED) is 0.427. The number of carbonyl (C=O) groups is 1. The SMILES string of the molecule is COC(OC)C(=O)O.[KH]. The first-order valence-corrected chi connectivity index (χ1v) is 2.00. The van der Waals surface area contributed by atoms with Crippen LogP contribution in [0.15, 0.2) is 0 Å². The number of rotatable bonds is 3. The van der Waals surface area contributed by atoms with Crippen molar-refractivity contribution in [2.75, 3.05) is 14.2 Å². The number of ether oxygens (including phenoxy) is 2. The van der Waals surface area contributed by atoms with Gasteiger partial charge in [-0.2, -0.15) is 0 Å². The van der Waals surface area contributed by atoms with E-state index in [4.69, 9.17) is 5.11 Å². The molecule has 0 aliphatic heterocycles. The van der Waals surface area contributed by atoms with Crippen LogP contribution in [0.5, 0.6) is 0 Å². The molecular weight excluding hydrogens is 151 g/mol. The average Bonchev–Trinajstić information content (AvgIpc) is 1.69. The summed E-state index contributed by atoms with van der Waals surface area (Å²) in [4.78, 5) is 9.91. The molecule has 0 spiro atoms. The Morgan fingerprint density at radius 2 is 1.78 bits per heavy atom. The zero-order valence-corrected chi connectivity index (χ0v) is 4.75. The molecule has 0 saturated heterocycles. The monoisotopic (exact) mass is 160 g/mol. The topological polar surface area (TPSA) is 55.8 Å². The van der Waals surface area contributed by atoms with Gasteiger partial charge in [0.1, 0.15) is 0 Å². The summed E-state index contributed by atoms with van der Waals surface area (Å²) in [7, 11) is 2.53. The maximum absolute atomic E-state index is 9.91. The summed E-state index contributed by atoms with van der Waals surface area (Å²) in [5.74, 6) is -1.12. The summed E-state index contributed by atoms with van der Waals surface area (Å²) in [6.07, 6.45) is -1.13. The molecule has 0 aliphatic rings. The van der Waals surface area contributed by atoms with Crippen LogP contribution in [0.1, 0.15) is 0 Å². The standard InChI is InChI=1S/C4H8O4.K.H/c1-7-4(8-2)3(5)6;;/h4H,1-2H3,(H,5,6);;. The summed E-state index contributed by atoms with van der Waals surface area (Å²) >= 11 is 0. The molecule has 0 atom stereocenters. The predicted octanol–water partition coefficient (Wildman–Crippen LogP) is -0.959. The van der Waals surface area contributed by atoms with E-state index in [1.807, 2.05) is 0 Å². The van der Waals surface area contributed by atoms with Crippen LogP contribution in [-0.4, -0.2) is 83.0 Å². The third kappa shape index (κ3) is 5.47. The third-order valence-corrected chi connectivity index (χ3v) is 0.630. The normalized spacial score (nSPS) is 8.78. The van der Waals surface area contributed by atoms with E-state index < -0.39 is 12.3 Å². The second-order valence-corrected chi connectivity index (χ2v) is 1.14. The van der Waals surface area contributed by atoms with E-state index in [1.165, 1.54) is 14.2 Å². The van der Waals surface area contributed by atoms with Crippen molar-refractivity contribution in [1.82, 2.24) is 0 Å². The number of hydrogen-bond acceptors (Lipinski definition) is 3. The van der Waals surface area contributed by atoms with Crippen LogP contribution in [0, 0.1) is 0 Å². The van der Waals surface area contributed by atoms with Gasteiger partial charge in [0.15, 0.2) is 0 Å². The van der Waals surface area contributed by atoms with E-state index >= 15 is 0 Å². The van der Waals surface area contributed by atoms with Gasteiger partial charge in [-0.15, -0.1) is 0 Å². The molecule has 0 aliphatic carbocycles. The third-order valence-electron chi connectivity index (χ3n) is 0.630. The molecule has 0 unspecified atom stereocenters. The van der Waals surface area contributed by atoms with Crippen LogP contribution in [0.25, 0.3) is 0 Å². The Kier molecular flexibility index (Phi) is 10.1. The van der Waals surface area contributed by atoms with Crippen molar-refractivity contribution in [3.05, 3.63) is 0 Å². The zero-order valence-electron chi connectivity index (χ0n) is 4.75. The second kappa shape index (κ2) is 7.14. The van der Waals surface area contributed by atoms with Crippen molar-refractivity contribution in [2.45, 2.75) is 6.29 Å². The van der Waals surface area contributed by atoms with Crippen LogP contribution >= 0.6 is 0 Å². The summed E-state index contributed by atoms with van der Waals surface area (Å²) in [5, 5.41) is 8.12. The van der Waals surface area contributed by atoms with Gasteiger partial charge >= 0.3 is 57.4 Å². The van der Waals surface area contributed by atoms with Crippen molar-refractivity contribution in [1.29, 1.82) is 0 Å². The van der Waals surface area contributed by atoms with E-state index in [1.54, 1.807) is 0 Å². The van der Waals surface area contributed by atoms with Crippen LogP contribution in [0.3, 0.4) is 0 Å².